The summed E-state index contributed by atoms with van der Waals surface area (Å²) >= 11 is 0. The molecule has 0 aliphatic carbocycles. The number of aryl methyl sites for hydroxylation is 4. The van der Waals surface area contributed by atoms with Gasteiger partial charge in [0.1, 0.15) is 5.82 Å². The van der Waals surface area contributed by atoms with Gasteiger partial charge in [0.25, 0.3) is 5.91 Å². The molecular formula is C25H27N5O. The summed E-state index contributed by atoms with van der Waals surface area (Å²) in [4.78, 5) is 19.7. The molecule has 1 amide bonds. The van der Waals surface area contributed by atoms with Crippen LogP contribution >= 0.6 is 0 Å². The Morgan fingerprint density at radius 1 is 0.935 bits per heavy atom. The average Bonchev–Trinajstić information content (AvgIpc) is 3.08. The number of rotatable bonds is 4. The van der Waals surface area contributed by atoms with E-state index in [4.69, 9.17) is 4.98 Å². The molecule has 0 fully saturated rings. The van der Waals surface area contributed by atoms with Crippen molar-refractivity contribution in [3.8, 4) is 5.82 Å². The monoisotopic (exact) mass is 413 g/mol. The van der Waals surface area contributed by atoms with Gasteiger partial charge in [-0.3, -0.25) is 4.79 Å². The zero-order valence-corrected chi connectivity index (χ0v) is 18.8. The second kappa shape index (κ2) is 7.87. The normalized spacial score (nSPS) is 11.0. The number of nitrogens with zero attached hydrogens (tertiary/aromatic N) is 4. The number of nitrogens with one attached hydrogen (secondary N) is 1. The zero-order chi connectivity index (χ0) is 22.3. The van der Waals surface area contributed by atoms with Crippen molar-refractivity contribution < 1.29 is 4.79 Å². The van der Waals surface area contributed by atoms with Crippen molar-refractivity contribution in [3.63, 3.8) is 0 Å². The molecule has 158 valence electrons. The van der Waals surface area contributed by atoms with Crippen LogP contribution in [0.5, 0.6) is 0 Å². The molecular weight excluding hydrogens is 386 g/mol. The highest BCUT2D eigenvalue weighted by Gasteiger charge is 2.15. The third-order valence-corrected chi connectivity index (χ3v) is 5.38. The van der Waals surface area contributed by atoms with Gasteiger partial charge < -0.3 is 10.2 Å². The molecule has 0 aliphatic heterocycles. The van der Waals surface area contributed by atoms with Crippen LogP contribution in [-0.4, -0.2) is 34.8 Å². The van der Waals surface area contributed by atoms with E-state index in [9.17, 15) is 4.79 Å². The van der Waals surface area contributed by atoms with E-state index in [2.05, 4.69) is 43.3 Å². The van der Waals surface area contributed by atoms with Gasteiger partial charge in [-0.1, -0.05) is 11.6 Å². The molecule has 6 nitrogen and oxygen atoms in total. The van der Waals surface area contributed by atoms with E-state index in [0.29, 0.717) is 17.2 Å². The first kappa shape index (κ1) is 20.6. The number of aromatic nitrogens is 3. The minimum atomic E-state index is -0.184. The highest BCUT2D eigenvalue weighted by molar-refractivity contribution is 6.04. The van der Waals surface area contributed by atoms with Gasteiger partial charge in [0, 0.05) is 36.8 Å². The summed E-state index contributed by atoms with van der Waals surface area (Å²) in [6, 6.07) is 15.7. The molecule has 0 bridgehead atoms. The van der Waals surface area contributed by atoms with E-state index >= 15 is 0 Å². The number of carbonyl (C=O) groups excluding carboxylic acids is 1. The lowest BCUT2D eigenvalue weighted by molar-refractivity contribution is 0.102. The van der Waals surface area contributed by atoms with Gasteiger partial charge in [0.05, 0.1) is 11.2 Å². The summed E-state index contributed by atoms with van der Waals surface area (Å²) in [6.07, 6.45) is 0. The Morgan fingerprint density at radius 3 is 2.32 bits per heavy atom. The summed E-state index contributed by atoms with van der Waals surface area (Å²) < 4.78 is 1.70. The van der Waals surface area contributed by atoms with Gasteiger partial charge in [-0.05, 0) is 75.2 Å². The second-order valence-electron chi connectivity index (χ2n) is 8.25. The molecule has 2 aromatic carbocycles. The first-order valence-corrected chi connectivity index (χ1v) is 10.3. The van der Waals surface area contributed by atoms with Crippen molar-refractivity contribution in [3.05, 3.63) is 76.5 Å². The number of hydrogen-bond acceptors (Lipinski definition) is 4. The van der Waals surface area contributed by atoms with Crippen LogP contribution in [0.1, 0.15) is 32.7 Å². The SMILES string of the molecule is Cc1cc(C)c2nc(-n3nc(C)cc3NC(=O)c3ccc(N(C)C)cc3)cc(C)c2c1. The highest BCUT2D eigenvalue weighted by atomic mass is 16.1. The van der Waals surface area contributed by atoms with E-state index in [1.54, 1.807) is 4.68 Å². The van der Waals surface area contributed by atoms with E-state index in [-0.39, 0.29) is 5.91 Å². The van der Waals surface area contributed by atoms with Crippen LogP contribution in [0, 0.1) is 27.7 Å². The molecule has 4 rings (SSSR count). The van der Waals surface area contributed by atoms with Crippen LogP contribution in [0.25, 0.3) is 16.7 Å². The maximum absolute atomic E-state index is 12.9. The van der Waals surface area contributed by atoms with Crippen LogP contribution in [0.4, 0.5) is 11.5 Å². The number of hydrogen-bond donors (Lipinski definition) is 1. The fraction of sp³-hybridized carbons (Fsp3) is 0.240. The van der Waals surface area contributed by atoms with Crippen LogP contribution in [0.3, 0.4) is 0 Å². The lowest BCUT2D eigenvalue weighted by atomic mass is 10.0. The second-order valence-corrected chi connectivity index (χ2v) is 8.25. The van der Waals surface area contributed by atoms with Crippen LogP contribution in [-0.2, 0) is 0 Å². The molecule has 0 aliphatic rings. The lowest BCUT2D eigenvalue weighted by Crippen LogP contribution is -2.16. The Bertz CT molecular complexity index is 1290. The van der Waals surface area contributed by atoms with Gasteiger partial charge in [0.15, 0.2) is 5.82 Å². The van der Waals surface area contributed by atoms with Crippen molar-refractivity contribution in [1.82, 2.24) is 14.8 Å². The van der Waals surface area contributed by atoms with E-state index in [1.165, 1.54) is 5.56 Å². The Balaban J connectivity index is 1.71. The van der Waals surface area contributed by atoms with E-state index < -0.39 is 0 Å². The number of anilines is 2. The molecule has 1 N–H and O–H groups in total. The summed E-state index contributed by atoms with van der Waals surface area (Å²) in [5.41, 5.74) is 6.84. The summed E-state index contributed by atoms with van der Waals surface area (Å²) in [7, 11) is 3.94. The van der Waals surface area contributed by atoms with Gasteiger partial charge in [-0.15, -0.1) is 0 Å². The topological polar surface area (TPSA) is 63.1 Å². The van der Waals surface area contributed by atoms with Crippen LogP contribution in [0.15, 0.2) is 48.5 Å². The molecule has 0 spiro atoms. The first-order valence-electron chi connectivity index (χ1n) is 10.3. The average molecular weight is 414 g/mol. The zero-order valence-electron chi connectivity index (χ0n) is 18.8. The molecule has 0 unspecified atom stereocenters. The maximum atomic E-state index is 12.9. The summed E-state index contributed by atoms with van der Waals surface area (Å²) in [6.45, 7) is 8.14. The third-order valence-electron chi connectivity index (χ3n) is 5.38. The molecule has 2 aromatic heterocycles. The van der Waals surface area contributed by atoms with Crippen molar-refractivity contribution in [2.24, 2.45) is 0 Å². The van der Waals surface area contributed by atoms with Crippen LogP contribution < -0.4 is 10.2 Å². The van der Waals surface area contributed by atoms with Gasteiger partial charge in [0.2, 0.25) is 0 Å². The molecule has 6 heteroatoms. The van der Waals surface area contributed by atoms with Crippen molar-refractivity contribution >= 4 is 28.3 Å². The molecule has 0 saturated carbocycles. The van der Waals surface area contributed by atoms with Crippen molar-refractivity contribution in [2.45, 2.75) is 27.7 Å². The predicted molar refractivity (Wildman–Crippen MR) is 127 cm³/mol. The fourth-order valence-corrected chi connectivity index (χ4v) is 3.80. The summed E-state index contributed by atoms with van der Waals surface area (Å²) in [5, 5.41) is 8.72. The molecule has 2 heterocycles. The largest absolute Gasteiger partial charge is 0.378 e. The number of pyridine rings is 1. The van der Waals surface area contributed by atoms with Gasteiger partial charge >= 0.3 is 0 Å². The standard InChI is InChI=1S/C25H27N5O/c1-15-11-17(3)24-21(12-15)16(2)13-22(26-24)30-23(14-18(4)28-30)27-25(31)19-7-9-20(10-8-19)29(5)6/h7-14H,1-6H3,(H,27,31). The Labute approximate surface area is 182 Å². The van der Waals surface area contributed by atoms with Crippen LogP contribution in [0.2, 0.25) is 0 Å². The maximum Gasteiger partial charge on any atom is 0.256 e. The molecule has 0 radical (unpaired) electrons. The molecule has 0 saturated heterocycles. The first-order chi connectivity index (χ1) is 14.7. The summed E-state index contributed by atoms with van der Waals surface area (Å²) in [5.74, 6) is 1.09. The van der Waals surface area contributed by atoms with E-state index in [0.717, 1.165) is 33.4 Å². The molecule has 31 heavy (non-hydrogen) atoms. The minimum absolute atomic E-state index is 0.184. The van der Waals surface area contributed by atoms with Crippen molar-refractivity contribution in [2.75, 3.05) is 24.3 Å². The lowest BCUT2D eigenvalue weighted by Gasteiger charge is -2.14. The predicted octanol–water partition coefficient (Wildman–Crippen LogP) is 4.97. The smallest absolute Gasteiger partial charge is 0.256 e. The molecule has 0 atom stereocenters. The van der Waals surface area contributed by atoms with E-state index in [1.807, 2.05) is 62.3 Å². The van der Waals surface area contributed by atoms with Gasteiger partial charge in [-0.2, -0.15) is 9.78 Å². The van der Waals surface area contributed by atoms with Crippen molar-refractivity contribution in [1.29, 1.82) is 0 Å². The Morgan fingerprint density at radius 2 is 1.65 bits per heavy atom. The fourth-order valence-electron chi connectivity index (χ4n) is 3.80. The quantitative estimate of drug-likeness (QED) is 0.513. The van der Waals surface area contributed by atoms with Gasteiger partial charge in [-0.25, -0.2) is 4.98 Å². The third kappa shape index (κ3) is 4.01. The number of carbonyl (C=O) groups is 1. The minimum Gasteiger partial charge on any atom is -0.378 e. The number of fused-ring (bicyclic) bond motifs is 1. The Kier molecular flexibility index (Phi) is 5.23. The number of benzene rings is 2. The number of amides is 1. The Hall–Kier alpha value is -3.67. The molecule has 4 aromatic rings. The highest BCUT2D eigenvalue weighted by Crippen LogP contribution is 2.26.